The zero-order chi connectivity index (χ0) is 24.0. The van der Waals surface area contributed by atoms with Crippen LogP contribution in [0.3, 0.4) is 0 Å². The summed E-state index contributed by atoms with van der Waals surface area (Å²) in [6.45, 7) is 9.55. The van der Waals surface area contributed by atoms with Crippen molar-refractivity contribution in [3.63, 3.8) is 0 Å². The molecule has 178 valence electrons. The maximum Gasteiger partial charge on any atom is 0.355 e. The molecule has 1 aliphatic heterocycles. The van der Waals surface area contributed by atoms with E-state index in [4.69, 9.17) is 4.74 Å². The highest BCUT2D eigenvalue weighted by Crippen LogP contribution is 2.22. The molecule has 33 heavy (non-hydrogen) atoms. The molecule has 0 unspecified atom stereocenters. The van der Waals surface area contributed by atoms with Crippen molar-refractivity contribution >= 4 is 17.8 Å². The monoisotopic (exact) mass is 453 g/mol. The molecule has 1 atom stereocenters. The fraction of sp³-hybridized carbons (Fsp3) is 0.500. The van der Waals surface area contributed by atoms with Gasteiger partial charge >= 0.3 is 5.97 Å². The van der Waals surface area contributed by atoms with E-state index >= 15 is 0 Å². The molecular formula is C26H35N3O4. The second kappa shape index (κ2) is 11.2. The van der Waals surface area contributed by atoms with E-state index in [9.17, 15) is 14.4 Å². The zero-order valence-corrected chi connectivity index (χ0v) is 20.1. The molecular weight excluding hydrogens is 418 g/mol. The van der Waals surface area contributed by atoms with Gasteiger partial charge in [0.15, 0.2) is 0 Å². The number of hydrogen-bond acceptors (Lipinski definition) is 4. The van der Waals surface area contributed by atoms with E-state index in [1.165, 1.54) is 5.56 Å². The third-order valence-corrected chi connectivity index (χ3v) is 6.36. The summed E-state index contributed by atoms with van der Waals surface area (Å²) in [5.41, 5.74) is 5.40. The SMILES string of the molecule is CCOC(=O)c1[nH]c(C)c(CCC(=O)N2CCC[C@H](C(=O)NCc3cccc(C)c3)C2)c1C. The number of amides is 2. The summed E-state index contributed by atoms with van der Waals surface area (Å²) in [5, 5.41) is 3.03. The Morgan fingerprint density at radius 1 is 1.21 bits per heavy atom. The molecule has 0 spiro atoms. The Hall–Kier alpha value is -3.09. The number of nitrogens with one attached hydrogen (secondary N) is 2. The molecule has 1 saturated heterocycles. The summed E-state index contributed by atoms with van der Waals surface area (Å²) >= 11 is 0. The van der Waals surface area contributed by atoms with Crippen LogP contribution in [0.2, 0.25) is 0 Å². The number of esters is 1. The minimum absolute atomic E-state index is 0.00501. The van der Waals surface area contributed by atoms with Gasteiger partial charge in [-0.25, -0.2) is 4.79 Å². The van der Waals surface area contributed by atoms with E-state index in [1.807, 2.05) is 43.9 Å². The quantitative estimate of drug-likeness (QED) is 0.598. The lowest BCUT2D eigenvalue weighted by molar-refractivity contribution is -0.135. The number of rotatable bonds is 8. The number of aryl methyl sites for hydroxylation is 2. The van der Waals surface area contributed by atoms with E-state index in [0.717, 1.165) is 35.2 Å². The first-order chi connectivity index (χ1) is 15.8. The second-order valence-corrected chi connectivity index (χ2v) is 8.83. The summed E-state index contributed by atoms with van der Waals surface area (Å²) < 4.78 is 5.10. The maximum absolute atomic E-state index is 12.9. The van der Waals surface area contributed by atoms with Crippen LogP contribution < -0.4 is 5.32 Å². The van der Waals surface area contributed by atoms with E-state index in [0.29, 0.717) is 44.8 Å². The number of carbonyl (C=O) groups excluding carboxylic acids is 3. The number of benzene rings is 1. The molecule has 2 aromatic rings. The molecule has 0 radical (unpaired) electrons. The van der Waals surface area contributed by atoms with Crippen LogP contribution in [0.5, 0.6) is 0 Å². The Bertz CT molecular complexity index is 1010. The fourth-order valence-corrected chi connectivity index (χ4v) is 4.53. The minimum atomic E-state index is -0.369. The van der Waals surface area contributed by atoms with Crippen molar-refractivity contribution < 1.29 is 19.1 Å². The molecule has 7 nitrogen and oxygen atoms in total. The largest absolute Gasteiger partial charge is 0.461 e. The molecule has 0 saturated carbocycles. The molecule has 1 aliphatic rings. The van der Waals surface area contributed by atoms with E-state index < -0.39 is 0 Å². The highest BCUT2D eigenvalue weighted by molar-refractivity contribution is 5.90. The Morgan fingerprint density at radius 3 is 2.73 bits per heavy atom. The average molecular weight is 454 g/mol. The van der Waals surface area contributed by atoms with Crippen molar-refractivity contribution in [1.29, 1.82) is 0 Å². The number of aromatic nitrogens is 1. The number of H-pyrrole nitrogens is 1. The summed E-state index contributed by atoms with van der Waals surface area (Å²) in [6.07, 6.45) is 2.51. The van der Waals surface area contributed by atoms with Gasteiger partial charge in [0.05, 0.1) is 12.5 Å². The van der Waals surface area contributed by atoms with E-state index in [1.54, 1.807) is 6.92 Å². The van der Waals surface area contributed by atoms with Crippen molar-refractivity contribution in [3.8, 4) is 0 Å². The summed E-state index contributed by atoms with van der Waals surface area (Å²) in [7, 11) is 0. The van der Waals surface area contributed by atoms with Gasteiger partial charge in [0, 0.05) is 31.7 Å². The first kappa shape index (κ1) is 24.6. The van der Waals surface area contributed by atoms with Crippen LogP contribution in [-0.4, -0.2) is 47.4 Å². The molecule has 1 aromatic heterocycles. The maximum atomic E-state index is 12.9. The van der Waals surface area contributed by atoms with Crippen molar-refractivity contribution in [2.75, 3.05) is 19.7 Å². The summed E-state index contributed by atoms with van der Waals surface area (Å²) in [4.78, 5) is 42.7. The smallest absolute Gasteiger partial charge is 0.355 e. The van der Waals surface area contributed by atoms with Gasteiger partial charge in [0.1, 0.15) is 5.69 Å². The van der Waals surface area contributed by atoms with Crippen LogP contribution >= 0.6 is 0 Å². The molecule has 7 heteroatoms. The van der Waals surface area contributed by atoms with Crippen LogP contribution in [0, 0.1) is 26.7 Å². The van der Waals surface area contributed by atoms with Crippen molar-refractivity contribution in [2.45, 2.75) is 59.9 Å². The number of piperidine rings is 1. The van der Waals surface area contributed by atoms with Gasteiger partial charge in [0.2, 0.25) is 11.8 Å². The summed E-state index contributed by atoms with van der Waals surface area (Å²) in [5.74, 6) is -0.501. The van der Waals surface area contributed by atoms with Crippen LogP contribution in [0.1, 0.15) is 64.6 Å². The van der Waals surface area contributed by atoms with Gasteiger partial charge in [-0.05, 0) is 63.6 Å². The number of ether oxygens (including phenoxy) is 1. The van der Waals surface area contributed by atoms with Gasteiger partial charge < -0.3 is 19.9 Å². The van der Waals surface area contributed by atoms with Crippen molar-refractivity contribution in [1.82, 2.24) is 15.2 Å². The minimum Gasteiger partial charge on any atom is -0.461 e. The number of hydrogen-bond donors (Lipinski definition) is 2. The van der Waals surface area contributed by atoms with Gasteiger partial charge in [-0.15, -0.1) is 0 Å². The molecule has 2 N–H and O–H groups in total. The predicted octanol–water partition coefficient (Wildman–Crippen LogP) is 3.60. The molecule has 1 fully saturated rings. The van der Waals surface area contributed by atoms with Gasteiger partial charge in [-0.1, -0.05) is 29.8 Å². The zero-order valence-electron chi connectivity index (χ0n) is 20.1. The lowest BCUT2D eigenvalue weighted by Gasteiger charge is -2.32. The van der Waals surface area contributed by atoms with Crippen molar-refractivity contribution in [2.24, 2.45) is 5.92 Å². The third kappa shape index (κ3) is 6.24. The Kier molecular flexibility index (Phi) is 8.31. The standard InChI is InChI=1S/C26H35N3O4/c1-5-33-26(32)24-18(3)22(19(4)28-24)11-12-23(30)29-13-7-10-21(16-29)25(31)27-15-20-9-6-8-17(2)14-20/h6,8-9,14,21,28H,5,7,10-13,15-16H2,1-4H3,(H,27,31)/t21-/m0/s1. The lowest BCUT2D eigenvalue weighted by Crippen LogP contribution is -2.45. The van der Waals surface area contributed by atoms with E-state index in [2.05, 4.69) is 16.4 Å². The van der Waals surface area contributed by atoms with Crippen LogP contribution in [0.4, 0.5) is 0 Å². The predicted molar refractivity (Wildman–Crippen MR) is 127 cm³/mol. The molecule has 2 heterocycles. The normalized spacial score (nSPS) is 15.9. The number of likely N-dealkylation sites (tertiary alicyclic amines) is 1. The van der Waals surface area contributed by atoms with Gasteiger partial charge in [-0.3, -0.25) is 9.59 Å². The first-order valence-electron chi connectivity index (χ1n) is 11.8. The Labute approximate surface area is 195 Å². The van der Waals surface area contributed by atoms with Crippen LogP contribution in [-0.2, 0) is 27.3 Å². The average Bonchev–Trinajstić information content (AvgIpc) is 3.09. The van der Waals surface area contributed by atoms with Crippen LogP contribution in [0.25, 0.3) is 0 Å². The Balaban J connectivity index is 1.53. The first-order valence-corrected chi connectivity index (χ1v) is 11.8. The molecule has 3 rings (SSSR count). The summed E-state index contributed by atoms with van der Waals surface area (Å²) in [6, 6.07) is 8.09. The number of nitrogens with zero attached hydrogens (tertiary/aromatic N) is 1. The molecule has 0 aliphatic carbocycles. The Morgan fingerprint density at radius 2 is 2.00 bits per heavy atom. The molecule has 2 amide bonds. The van der Waals surface area contributed by atoms with Crippen molar-refractivity contribution in [3.05, 3.63) is 57.9 Å². The second-order valence-electron chi connectivity index (χ2n) is 8.83. The number of aromatic amines is 1. The van der Waals surface area contributed by atoms with Gasteiger partial charge in [-0.2, -0.15) is 0 Å². The van der Waals surface area contributed by atoms with Crippen LogP contribution in [0.15, 0.2) is 24.3 Å². The number of carbonyl (C=O) groups is 3. The van der Waals surface area contributed by atoms with Gasteiger partial charge in [0.25, 0.3) is 0 Å². The fourth-order valence-electron chi connectivity index (χ4n) is 4.53. The highest BCUT2D eigenvalue weighted by atomic mass is 16.5. The van der Waals surface area contributed by atoms with E-state index in [-0.39, 0.29) is 23.7 Å². The highest BCUT2D eigenvalue weighted by Gasteiger charge is 2.28. The third-order valence-electron chi connectivity index (χ3n) is 6.36. The lowest BCUT2D eigenvalue weighted by atomic mass is 9.96. The molecule has 1 aromatic carbocycles. The topological polar surface area (TPSA) is 91.5 Å². The molecule has 0 bridgehead atoms.